The van der Waals surface area contributed by atoms with E-state index in [2.05, 4.69) is 21.1 Å². The number of aromatic hydroxyl groups is 2. The van der Waals surface area contributed by atoms with Crippen LogP contribution in [0.4, 0.5) is 9.59 Å². The van der Waals surface area contributed by atoms with Gasteiger partial charge in [0, 0.05) is 6.04 Å². The second-order valence-electron chi connectivity index (χ2n) is 13.7. The number of carbonyl (C=O) groups is 4. The van der Waals surface area contributed by atoms with Crippen LogP contribution < -0.4 is 15.2 Å². The minimum absolute atomic E-state index is 0.0209. The summed E-state index contributed by atoms with van der Waals surface area (Å²) in [4.78, 5) is 44.5. The molecule has 2 fully saturated rings. The van der Waals surface area contributed by atoms with Gasteiger partial charge >= 0.3 is 24.2 Å². The van der Waals surface area contributed by atoms with Gasteiger partial charge in [0.15, 0.2) is 23.0 Å². The molecule has 2 aromatic rings. The smallest absolute Gasteiger partial charge is 0.504 e. The number of benzene rings is 2. The van der Waals surface area contributed by atoms with Gasteiger partial charge < -0.3 is 49.1 Å². The number of phenolic OH excluding ortho intramolecular Hbond substituents is 2. The van der Waals surface area contributed by atoms with Crippen LogP contribution in [0.1, 0.15) is 94.9 Å². The van der Waals surface area contributed by atoms with Gasteiger partial charge in [-0.3, -0.25) is 0 Å². The number of nitrogens with two attached hydrogens (primary N) is 1. The van der Waals surface area contributed by atoms with E-state index in [1.807, 2.05) is 0 Å². The van der Waals surface area contributed by atoms with Gasteiger partial charge in [-0.25, -0.2) is 19.2 Å². The number of methoxy groups -OCH3 is 2. The molecule has 0 heterocycles. The lowest BCUT2D eigenvalue weighted by molar-refractivity contribution is -0.0294. The molecule has 2 aliphatic carbocycles. The Kier molecular flexibility index (Phi) is 14.5. The van der Waals surface area contributed by atoms with Gasteiger partial charge in [-0.05, 0) is 110 Å². The normalized spacial score (nSPS) is 19.4. The zero-order chi connectivity index (χ0) is 37.1. The van der Waals surface area contributed by atoms with Crippen LogP contribution in [0.5, 0.6) is 23.0 Å². The van der Waals surface area contributed by atoms with Gasteiger partial charge in [-0.1, -0.05) is 6.92 Å². The highest BCUT2D eigenvalue weighted by atomic mass is 16.8. The van der Waals surface area contributed by atoms with Crippen molar-refractivity contribution in [3.63, 3.8) is 0 Å². The first-order valence-electron chi connectivity index (χ1n) is 15.7. The van der Waals surface area contributed by atoms with E-state index >= 15 is 0 Å². The fourth-order valence-electron chi connectivity index (χ4n) is 4.32. The van der Waals surface area contributed by atoms with Crippen molar-refractivity contribution in [2.24, 2.45) is 11.7 Å². The summed E-state index contributed by atoms with van der Waals surface area (Å²) >= 11 is 0. The van der Waals surface area contributed by atoms with E-state index < -0.39 is 35.5 Å². The van der Waals surface area contributed by atoms with Crippen LogP contribution in [-0.2, 0) is 23.7 Å². The van der Waals surface area contributed by atoms with Gasteiger partial charge in [0.05, 0.1) is 31.5 Å². The molecule has 0 bridgehead atoms. The molecule has 14 heteroatoms. The Balaban J connectivity index is 0.000000256. The molecule has 0 saturated heterocycles. The molecule has 4 rings (SSSR count). The third-order valence-corrected chi connectivity index (χ3v) is 6.75. The molecule has 0 unspecified atom stereocenters. The van der Waals surface area contributed by atoms with Gasteiger partial charge in [0.2, 0.25) is 0 Å². The zero-order valence-corrected chi connectivity index (χ0v) is 29.6. The van der Waals surface area contributed by atoms with Gasteiger partial charge in [-0.2, -0.15) is 0 Å². The number of ether oxygens (including phenoxy) is 7. The van der Waals surface area contributed by atoms with E-state index in [0.29, 0.717) is 28.5 Å². The Hall–Kier alpha value is -4.72. The van der Waals surface area contributed by atoms with E-state index in [1.54, 1.807) is 65.8 Å². The van der Waals surface area contributed by atoms with E-state index in [9.17, 15) is 29.4 Å². The topological polar surface area (TPSA) is 199 Å². The Morgan fingerprint density at radius 3 is 1.33 bits per heavy atom. The van der Waals surface area contributed by atoms with Crippen LogP contribution in [0.2, 0.25) is 0 Å². The number of carbonyl (C=O) groups excluding carboxylic acids is 4. The standard InChI is InChI=1S/C13H16O4.C12H15NO4.C10H18O5/c1-8-5-10(6-8)17-12-4-3-9(7-11(12)14)13(15)16-2;1-16-12(15)7-2-3-11(10(14)4-7)17-9-5-8(13)6-9;1-9(2,3)14-7(11)13-8(12)15-10(4,5)6/h3-4,7-8,10,14H,5-6H2,1-2H3;2-4,8-9,14H,5-6,13H2,1H3;1-6H3. The summed E-state index contributed by atoms with van der Waals surface area (Å²) in [5.74, 6) is 0.447. The maximum Gasteiger partial charge on any atom is 0.519 e. The SMILES string of the molecule is CC(C)(C)OC(=O)OC(=O)OC(C)(C)C.COC(=O)c1ccc(OC2CC(C)C2)c(O)c1.COC(=O)c1ccc(OC2CC(N)C2)c(O)c1. The van der Waals surface area contributed by atoms with Crippen LogP contribution in [0.3, 0.4) is 0 Å². The summed E-state index contributed by atoms with van der Waals surface area (Å²) in [6.07, 6.45) is 1.72. The first-order valence-corrected chi connectivity index (χ1v) is 15.7. The fourth-order valence-corrected chi connectivity index (χ4v) is 4.32. The number of phenols is 2. The molecule has 2 aromatic carbocycles. The number of hydrogen-bond donors (Lipinski definition) is 3. The molecule has 2 aliphatic rings. The van der Waals surface area contributed by atoms with Crippen molar-refractivity contribution in [1.29, 1.82) is 0 Å². The summed E-state index contributed by atoms with van der Waals surface area (Å²) in [7, 11) is 2.60. The minimum Gasteiger partial charge on any atom is -0.504 e. The molecule has 0 spiro atoms. The third kappa shape index (κ3) is 14.5. The second-order valence-corrected chi connectivity index (χ2v) is 13.7. The molecule has 272 valence electrons. The molecule has 0 aliphatic heterocycles. The summed E-state index contributed by atoms with van der Waals surface area (Å²) in [5, 5.41) is 19.4. The van der Waals surface area contributed by atoms with Crippen molar-refractivity contribution in [2.45, 2.75) is 104 Å². The Bertz CT molecular complexity index is 1320. The predicted molar refractivity (Wildman–Crippen MR) is 177 cm³/mol. The quantitative estimate of drug-likeness (QED) is 0.174. The van der Waals surface area contributed by atoms with Gasteiger partial charge in [-0.15, -0.1) is 0 Å². The van der Waals surface area contributed by atoms with Gasteiger partial charge in [0.25, 0.3) is 0 Å². The highest BCUT2D eigenvalue weighted by Crippen LogP contribution is 2.35. The Labute approximate surface area is 286 Å². The van der Waals surface area contributed by atoms with Crippen molar-refractivity contribution >= 4 is 24.2 Å². The molecule has 14 nitrogen and oxygen atoms in total. The predicted octanol–water partition coefficient (Wildman–Crippen LogP) is 6.28. The van der Waals surface area contributed by atoms with Crippen molar-refractivity contribution < 1.29 is 62.5 Å². The summed E-state index contributed by atoms with van der Waals surface area (Å²) < 4.78 is 34.1. The second kappa shape index (κ2) is 17.6. The molecule has 49 heavy (non-hydrogen) atoms. The maximum atomic E-state index is 11.2. The molecule has 0 atom stereocenters. The number of hydrogen-bond acceptors (Lipinski definition) is 14. The number of rotatable bonds is 6. The van der Waals surface area contributed by atoms with Crippen molar-refractivity contribution in [3.8, 4) is 23.0 Å². The number of esters is 2. The van der Waals surface area contributed by atoms with E-state index in [0.717, 1.165) is 25.7 Å². The van der Waals surface area contributed by atoms with Crippen LogP contribution in [0.15, 0.2) is 36.4 Å². The average molecular weight is 692 g/mol. The monoisotopic (exact) mass is 691 g/mol. The first-order chi connectivity index (χ1) is 22.7. The molecule has 2 saturated carbocycles. The fraction of sp³-hybridized carbons (Fsp3) is 0.543. The van der Waals surface area contributed by atoms with E-state index in [1.165, 1.54) is 26.4 Å². The highest BCUT2D eigenvalue weighted by molar-refractivity contribution is 5.90. The summed E-state index contributed by atoms with van der Waals surface area (Å²) in [5.41, 5.74) is 4.86. The molecular weight excluding hydrogens is 642 g/mol. The van der Waals surface area contributed by atoms with E-state index in [4.69, 9.17) is 24.7 Å². The molecule has 4 N–H and O–H groups in total. The zero-order valence-electron chi connectivity index (χ0n) is 29.6. The minimum atomic E-state index is -1.06. The van der Waals surface area contributed by atoms with Crippen molar-refractivity contribution in [2.75, 3.05) is 14.2 Å². The lowest BCUT2D eigenvalue weighted by atomic mass is 9.84. The van der Waals surface area contributed by atoms with Crippen molar-refractivity contribution in [3.05, 3.63) is 47.5 Å². The van der Waals surface area contributed by atoms with Crippen LogP contribution in [0.25, 0.3) is 0 Å². The largest absolute Gasteiger partial charge is 0.519 e. The van der Waals surface area contributed by atoms with Crippen molar-refractivity contribution in [1.82, 2.24) is 0 Å². The average Bonchev–Trinajstić information content (AvgIpc) is 2.95. The Morgan fingerprint density at radius 2 is 1.04 bits per heavy atom. The lowest BCUT2D eigenvalue weighted by Crippen LogP contribution is -2.43. The summed E-state index contributed by atoms with van der Waals surface area (Å²) in [6.45, 7) is 12.2. The van der Waals surface area contributed by atoms with Gasteiger partial charge in [0.1, 0.15) is 17.3 Å². The van der Waals surface area contributed by atoms with Crippen LogP contribution in [0, 0.1) is 5.92 Å². The lowest BCUT2D eigenvalue weighted by Gasteiger charge is -2.32. The Morgan fingerprint density at radius 1 is 0.673 bits per heavy atom. The van der Waals surface area contributed by atoms with Crippen LogP contribution >= 0.6 is 0 Å². The third-order valence-electron chi connectivity index (χ3n) is 6.75. The van der Waals surface area contributed by atoms with Crippen LogP contribution in [-0.4, -0.2) is 78.1 Å². The maximum absolute atomic E-state index is 11.2. The molecular formula is C35H49NO13. The summed E-state index contributed by atoms with van der Waals surface area (Å²) in [6, 6.07) is 9.19. The highest BCUT2D eigenvalue weighted by Gasteiger charge is 2.29. The molecule has 0 radical (unpaired) electrons. The molecule has 0 aromatic heterocycles. The first kappa shape index (κ1) is 40.5. The van der Waals surface area contributed by atoms with E-state index in [-0.39, 0.29) is 29.7 Å². The molecule has 0 amide bonds.